The summed E-state index contributed by atoms with van der Waals surface area (Å²) in [5, 5.41) is 6.22. The zero-order valence-electron chi connectivity index (χ0n) is 33.2. The number of furan rings is 1. The van der Waals surface area contributed by atoms with E-state index in [1.54, 1.807) is 0 Å². The first-order chi connectivity index (χ1) is 26.2. The van der Waals surface area contributed by atoms with Gasteiger partial charge >= 0.3 is 6.85 Å². The van der Waals surface area contributed by atoms with Crippen LogP contribution in [0.25, 0.3) is 70.6 Å². The molecule has 0 fully saturated rings. The summed E-state index contributed by atoms with van der Waals surface area (Å²) in [5.74, 6) is 0. The first-order valence-electron chi connectivity index (χ1n) is 19.7. The molecule has 3 aromatic heterocycles. The number of para-hydroxylation sites is 1. The van der Waals surface area contributed by atoms with Gasteiger partial charge in [-0.1, -0.05) is 117 Å². The van der Waals surface area contributed by atoms with E-state index < -0.39 is 0 Å². The molecule has 0 saturated heterocycles. The number of hydrogen-bond donors (Lipinski definition) is 0. The van der Waals surface area contributed by atoms with Gasteiger partial charge in [0.25, 0.3) is 0 Å². The number of anilines is 2. The fourth-order valence-corrected chi connectivity index (χ4v) is 10.7. The van der Waals surface area contributed by atoms with E-state index in [1.807, 2.05) is 11.3 Å². The summed E-state index contributed by atoms with van der Waals surface area (Å²) < 4.78 is 11.9. The predicted molar refractivity (Wildman–Crippen MR) is 239 cm³/mol. The zero-order chi connectivity index (χ0) is 37.9. The van der Waals surface area contributed by atoms with Crippen molar-refractivity contribution < 1.29 is 4.42 Å². The Bertz CT molecular complexity index is 3100. The average molecular weight is 733 g/mol. The van der Waals surface area contributed by atoms with Crippen molar-refractivity contribution in [3.05, 3.63) is 126 Å². The maximum Gasteiger partial charge on any atom is 0.343 e. The molecule has 0 spiro atoms. The summed E-state index contributed by atoms with van der Waals surface area (Å²) >= 11 is 1.96. The van der Waals surface area contributed by atoms with E-state index in [1.165, 1.54) is 92.4 Å². The van der Waals surface area contributed by atoms with Gasteiger partial charge in [-0.05, 0) is 92.5 Å². The molecule has 5 heterocycles. The standard InChI is InChI=1S/C50H45BN2OS/c1-48(2,3)28-14-18-31(19-15-28)53-39-22-16-29(49(4,5)6)24-35(39)33-20-21-34-36-26-37-32-12-10-11-13-41(32)54-42(37)27-40(36)52-45(34)44(33)51(53)47-46(52)38-25-30(50(7,8)9)17-23-43(38)55-47/h10-27H,1-9H3. The summed E-state index contributed by atoms with van der Waals surface area (Å²) in [7, 11) is 0. The van der Waals surface area contributed by atoms with Gasteiger partial charge in [-0.15, -0.1) is 11.3 Å². The topological polar surface area (TPSA) is 21.3 Å². The molecule has 270 valence electrons. The van der Waals surface area contributed by atoms with Gasteiger partial charge in [-0.2, -0.15) is 0 Å². The highest BCUT2D eigenvalue weighted by Crippen LogP contribution is 2.49. The second-order valence-electron chi connectivity index (χ2n) is 19.0. The molecule has 0 saturated carbocycles. The summed E-state index contributed by atoms with van der Waals surface area (Å²) in [6, 6.07) is 41.8. The van der Waals surface area contributed by atoms with Crippen molar-refractivity contribution in [2.75, 3.05) is 4.81 Å². The molecular formula is C50H45BN2OS. The van der Waals surface area contributed by atoms with Crippen LogP contribution in [0.3, 0.4) is 0 Å². The Labute approximate surface area is 327 Å². The van der Waals surface area contributed by atoms with Crippen LogP contribution < -0.4 is 15.1 Å². The molecule has 9 aromatic rings. The van der Waals surface area contributed by atoms with Crippen LogP contribution in [0.4, 0.5) is 11.4 Å². The van der Waals surface area contributed by atoms with E-state index >= 15 is 0 Å². The number of hydrogen-bond acceptors (Lipinski definition) is 3. The second kappa shape index (κ2) is 10.7. The molecule has 5 heteroatoms. The highest BCUT2D eigenvalue weighted by atomic mass is 32.1. The first-order valence-corrected chi connectivity index (χ1v) is 20.5. The maximum atomic E-state index is 6.58. The third kappa shape index (κ3) is 4.57. The van der Waals surface area contributed by atoms with Crippen molar-refractivity contribution in [3.63, 3.8) is 0 Å². The highest BCUT2D eigenvalue weighted by molar-refractivity contribution is 7.32. The molecule has 0 unspecified atom stereocenters. The largest absolute Gasteiger partial charge is 0.456 e. The van der Waals surface area contributed by atoms with Crippen LogP contribution in [0.5, 0.6) is 0 Å². The lowest BCUT2D eigenvalue weighted by Gasteiger charge is -2.41. The van der Waals surface area contributed by atoms with Crippen LogP contribution >= 0.6 is 11.3 Å². The Morgan fingerprint density at radius 3 is 1.98 bits per heavy atom. The van der Waals surface area contributed by atoms with Crippen molar-refractivity contribution in [2.24, 2.45) is 0 Å². The van der Waals surface area contributed by atoms with Crippen LogP contribution in [-0.4, -0.2) is 11.4 Å². The van der Waals surface area contributed by atoms with E-state index in [0.717, 1.165) is 16.6 Å². The van der Waals surface area contributed by atoms with Crippen molar-refractivity contribution in [2.45, 2.75) is 78.6 Å². The SMILES string of the molecule is CC(C)(C)c1ccc(N2B3c4sc5ccc(C(C)(C)C)cc5c4-n4c5cc6oc7ccccc7c6cc5c5ccc(c3c54)-c3cc(C(C)(C)C)ccc32)cc1. The van der Waals surface area contributed by atoms with Gasteiger partial charge in [-0.25, -0.2) is 0 Å². The molecule has 0 aliphatic carbocycles. The van der Waals surface area contributed by atoms with Gasteiger partial charge < -0.3 is 13.8 Å². The van der Waals surface area contributed by atoms with E-state index in [4.69, 9.17) is 4.42 Å². The Morgan fingerprint density at radius 1 is 0.545 bits per heavy atom. The Hall–Kier alpha value is -5.26. The summed E-state index contributed by atoms with van der Waals surface area (Å²) in [4.78, 5) is 2.66. The lowest BCUT2D eigenvalue weighted by molar-refractivity contribution is 0.590. The third-order valence-electron chi connectivity index (χ3n) is 12.4. The highest BCUT2D eigenvalue weighted by Gasteiger charge is 2.46. The van der Waals surface area contributed by atoms with E-state index in [9.17, 15) is 0 Å². The van der Waals surface area contributed by atoms with Crippen LogP contribution in [0.2, 0.25) is 0 Å². The van der Waals surface area contributed by atoms with E-state index in [2.05, 4.69) is 181 Å². The molecule has 0 N–H and O–H groups in total. The third-order valence-corrected chi connectivity index (χ3v) is 13.7. The smallest absolute Gasteiger partial charge is 0.343 e. The summed E-state index contributed by atoms with van der Waals surface area (Å²) in [6.45, 7) is 20.8. The number of nitrogens with zero attached hydrogens (tertiary/aromatic N) is 2. The molecule has 6 aromatic carbocycles. The minimum atomic E-state index is -0.00158. The Morgan fingerprint density at radius 2 is 1.24 bits per heavy atom. The van der Waals surface area contributed by atoms with Gasteiger partial charge in [0.15, 0.2) is 0 Å². The quantitative estimate of drug-likeness (QED) is 0.157. The van der Waals surface area contributed by atoms with Gasteiger partial charge in [0.05, 0.1) is 16.7 Å². The average Bonchev–Trinajstić information content (AvgIpc) is 3.81. The van der Waals surface area contributed by atoms with E-state index in [-0.39, 0.29) is 23.1 Å². The monoisotopic (exact) mass is 732 g/mol. The van der Waals surface area contributed by atoms with Crippen LogP contribution in [0, 0.1) is 0 Å². The molecular weight excluding hydrogens is 687 g/mol. The molecule has 11 rings (SSSR count). The van der Waals surface area contributed by atoms with Crippen molar-refractivity contribution in [1.82, 2.24) is 4.57 Å². The minimum absolute atomic E-state index is 0.00158. The van der Waals surface area contributed by atoms with Crippen LogP contribution in [-0.2, 0) is 16.2 Å². The second-order valence-corrected chi connectivity index (χ2v) is 20.1. The van der Waals surface area contributed by atoms with Crippen molar-refractivity contribution >= 4 is 93.6 Å². The molecule has 0 bridgehead atoms. The van der Waals surface area contributed by atoms with Gasteiger partial charge in [0, 0.05) is 59.4 Å². The van der Waals surface area contributed by atoms with Gasteiger partial charge in [-0.3, -0.25) is 0 Å². The number of thiophene rings is 1. The van der Waals surface area contributed by atoms with Crippen LogP contribution in [0.1, 0.15) is 79.0 Å². The summed E-state index contributed by atoms with van der Waals surface area (Å²) in [6.07, 6.45) is 0. The molecule has 0 atom stereocenters. The predicted octanol–water partition coefficient (Wildman–Crippen LogP) is 13.0. The number of rotatable bonds is 1. The Balaban J connectivity index is 1.32. The van der Waals surface area contributed by atoms with Crippen molar-refractivity contribution in [3.8, 4) is 16.8 Å². The normalized spacial score (nSPS) is 14.2. The summed E-state index contributed by atoms with van der Waals surface area (Å²) in [5.41, 5.74) is 16.3. The zero-order valence-corrected chi connectivity index (χ0v) is 34.0. The molecule has 55 heavy (non-hydrogen) atoms. The van der Waals surface area contributed by atoms with Gasteiger partial charge in [0.1, 0.15) is 11.2 Å². The molecule has 3 nitrogen and oxygen atoms in total. The van der Waals surface area contributed by atoms with Crippen LogP contribution in [0.15, 0.2) is 114 Å². The Kier molecular flexibility index (Phi) is 6.46. The molecule has 0 amide bonds. The number of aromatic nitrogens is 1. The fourth-order valence-electron chi connectivity index (χ4n) is 9.43. The first kappa shape index (κ1) is 33.1. The number of benzene rings is 6. The lowest BCUT2D eigenvalue weighted by atomic mass is 9.47. The molecule has 2 aliphatic rings. The minimum Gasteiger partial charge on any atom is -0.456 e. The maximum absolute atomic E-state index is 6.58. The number of fused-ring (bicyclic) bond motifs is 13. The van der Waals surface area contributed by atoms with Gasteiger partial charge in [0.2, 0.25) is 0 Å². The fraction of sp³-hybridized carbons (Fsp3) is 0.240. The molecule has 0 radical (unpaired) electrons. The molecule has 2 aliphatic heterocycles. The lowest BCUT2D eigenvalue weighted by Crippen LogP contribution is -2.59. The van der Waals surface area contributed by atoms with Crippen molar-refractivity contribution in [1.29, 1.82) is 0 Å². The van der Waals surface area contributed by atoms with E-state index in [0.29, 0.717) is 0 Å².